The molecule has 1 fully saturated rings. The zero-order valence-electron chi connectivity index (χ0n) is 22.8. The molecular formula is C27H35N9O3. The first-order chi connectivity index (χ1) is 18.9. The second-order valence-electron chi connectivity index (χ2n) is 9.32. The molecule has 0 saturated carbocycles. The maximum absolute atomic E-state index is 13.3. The normalized spacial score (nSPS) is 14.3. The van der Waals surface area contributed by atoms with E-state index in [4.69, 9.17) is 9.72 Å². The van der Waals surface area contributed by atoms with Gasteiger partial charge in [0.05, 0.1) is 13.7 Å². The number of hydrazone groups is 1. The molecule has 1 saturated heterocycles. The number of carbonyl (C=O) groups is 1. The van der Waals surface area contributed by atoms with Gasteiger partial charge in [0.25, 0.3) is 5.56 Å². The molecule has 0 amide bonds. The number of aromatic nitrogens is 4. The minimum Gasteiger partial charge on any atom is -0.497 e. The van der Waals surface area contributed by atoms with Crippen molar-refractivity contribution in [1.29, 1.82) is 0 Å². The lowest BCUT2D eigenvalue weighted by molar-refractivity contribution is -0.104. The van der Waals surface area contributed by atoms with E-state index in [1.165, 1.54) is 17.0 Å². The topological polar surface area (TPSA) is 122 Å². The average Bonchev–Trinajstić information content (AvgIpc) is 3.21. The van der Waals surface area contributed by atoms with Crippen LogP contribution in [0.5, 0.6) is 5.75 Å². The van der Waals surface area contributed by atoms with E-state index in [9.17, 15) is 9.59 Å². The van der Waals surface area contributed by atoms with Crippen LogP contribution in [0.15, 0.2) is 59.1 Å². The quantitative estimate of drug-likeness (QED) is 0.101. The third-order valence-electron chi connectivity index (χ3n) is 6.39. The number of methoxy groups -OCH3 is 1. The van der Waals surface area contributed by atoms with E-state index >= 15 is 0 Å². The van der Waals surface area contributed by atoms with Crippen molar-refractivity contribution in [3.05, 3.63) is 59.6 Å². The van der Waals surface area contributed by atoms with Crippen LogP contribution < -0.4 is 25.8 Å². The maximum atomic E-state index is 13.3. The zero-order chi connectivity index (χ0) is 27.9. The Kier molecular flexibility index (Phi) is 8.77. The molecule has 0 atom stereocenters. The Morgan fingerprint density at radius 3 is 2.74 bits per heavy atom. The van der Waals surface area contributed by atoms with Crippen molar-refractivity contribution >= 4 is 40.5 Å². The summed E-state index contributed by atoms with van der Waals surface area (Å²) in [6.45, 7) is 11.6. The molecule has 39 heavy (non-hydrogen) atoms. The van der Waals surface area contributed by atoms with Gasteiger partial charge in [0.2, 0.25) is 5.95 Å². The van der Waals surface area contributed by atoms with Gasteiger partial charge >= 0.3 is 0 Å². The number of carbonyl (C=O) groups excluding carboxylic acids is 1. The fraction of sp³-hybridized carbons (Fsp3) is 0.370. The molecule has 2 aromatic heterocycles. The van der Waals surface area contributed by atoms with Crippen LogP contribution in [0.2, 0.25) is 0 Å². The Hall–Kier alpha value is -4.45. The van der Waals surface area contributed by atoms with Crippen LogP contribution in [0.4, 0.5) is 17.3 Å². The lowest BCUT2D eigenvalue weighted by Crippen LogP contribution is -2.43. The van der Waals surface area contributed by atoms with E-state index in [2.05, 4.69) is 32.2 Å². The molecule has 12 nitrogen and oxygen atoms in total. The van der Waals surface area contributed by atoms with Crippen LogP contribution in [-0.4, -0.2) is 82.8 Å². The average molecular weight is 534 g/mol. The van der Waals surface area contributed by atoms with Gasteiger partial charge in [0, 0.05) is 69.0 Å². The zero-order valence-corrected chi connectivity index (χ0v) is 22.8. The number of aldehydes is 1. The van der Waals surface area contributed by atoms with E-state index in [1.807, 2.05) is 39.1 Å². The monoisotopic (exact) mass is 533 g/mol. The molecule has 0 unspecified atom stereocenters. The number of rotatable bonds is 10. The summed E-state index contributed by atoms with van der Waals surface area (Å²) < 4.78 is 8.60. The van der Waals surface area contributed by atoms with Crippen molar-refractivity contribution in [3.8, 4) is 5.75 Å². The first-order valence-corrected chi connectivity index (χ1v) is 12.8. The SMILES string of the molecule is C=CCn1c(=O)c2cnc(Nc3cc(OC)cc(N4CCNCC4)c3)nc2n1C(/C=C\C=O)=N/N(C)C(C)C. The summed E-state index contributed by atoms with van der Waals surface area (Å²) in [5, 5.41) is 13.3. The molecule has 0 aliphatic carbocycles. The Bertz CT molecular complexity index is 1450. The van der Waals surface area contributed by atoms with Gasteiger partial charge in [-0.15, -0.1) is 6.58 Å². The first-order valence-electron chi connectivity index (χ1n) is 12.8. The number of nitrogens with zero attached hydrogens (tertiary/aromatic N) is 7. The Morgan fingerprint density at radius 2 is 2.08 bits per heavy atom. The van der Waals surface area contributed by atoms with Crippen molar-refractivity contribution in [2.24, 2.45) is 5.10 Å². The van der Waals surface area contributed by atoms with E-state index < -0.39 is 0 Å². The predicted octanol–water partition coefficient (Wildman–Crippen LogP) is 2.20. The number of allylic oxidation sites excluding steroid dienone is 3. The van der Waals surface area contributed by atoms with Gasteiger partial charge in [-0.1, -0.05) is 6.08 Å². The van der Waals surface area contributed by atoms with E-state index in [-0.39, 0.29) is 18.1 Å². The van der Waals surface area contributed by atoms with Gasteiger partial charge in [0.1, 0.15) is 17.4 Å². The summed E-state index contributed by atoms with van der Waals surface area (Å²) in [4.78, 5) is 35.9. The smallest absolute Gasteiger partial charge is 0.278 e. The number of ether oxygens (including phenoxy) is 1. The molecule has 1 aromatic carbocycles. The van der Waals surface area contributed by atoms with Crippen LogP contribution in [0.25, 0.3) is 11.0 Å². The highest BCUT2D eigenvalue weighted by molar-refractivity contribution is 6.01. The number of benzene rings is 1. The second kappa shape index (κ2) is 12.4. The van der Waals surface area contributed by atoms with Crippen molar-refractivity contribution < 1.29 is 9.53 Å². The van der Waals surface area contributed by atoms with Crippen molar-refractivity contribution in [1.82, 2.24) is 29.7 Å². The molecule has 0 radical (unpaired) electrons. The molecule has 206 valence electrons. The standard InChI is InChI=1S/C27H35N9O3/c1-6-11-35-26(38)23-18-29-27(31-25(23)36(35)24(8-7-14-37)32-33(4)19(2)3)30-20-15-21(17-22(16-20)39-5)34-12-9-28-10-13-34/h6-8,14-19,28H,1,9-13H2,2-5H3,(H,29,30,31)/b8-7-,32-24+. The molecular weight excluding hydrogens is 498 g/mol. The number of fused-ring (bicyclic) bond motifs is 1. The number of piperazine rings is 1. The maximum Gasteiger partial charge on any atom is 0.278 e. The summed E-state index contributed by atoms with van der Waals surface area (Å²) in [7, 11) is 3.45. The Morgan fingerprint density at radius 1 is 1.31 bits per heavy atom. The molecule has 0 spiro atoms. The number of nitrogens with one attached hydrogen (secondary N) is 2. The van der Waals surface area contributed by atoms with Crippen molar-refractivity contribution in [3.63, 3.8) is 0 Å². The van der Waals surface area contributed by atoms with Gasteiger partial charge < -0.3 is 20.3 Å². The fourth-order valence-corrected chi connectivity index (χ4v) is 4.17. The molecule has 0 bridgehead atoms. The third-order valence-corrected chi connectivity index (χ3v) is 6.39. The van der Waals surface area contributed by atoms with Crippen LogP contribution >= 0.6 is 0 Å². The molecule has 3 aromatic rings. The highest BCUT2D eigenvalue weighted by Crippen LogP contribution is 2.29. The van der Waals surface area contributed by atoms with Gasteiger partial charge in [0.15, 0.2) is 11.5 Å². The Balaban J connectivity index is 1.82. The fourth-order valence-electron chi connectivity index (χ4n) is 4.17. The summed E-state index contributed by atoms with van der Waals surface area (Å²) >= 11 is 0. The van der Waals surface area contributed by atoms with Crippen LogP contribution in [0.3, 0.4) is 0 Å². The number of anilines is 3. The molecule has 1 aliphatic heterocycles. The van der Waals surface area contributed by atoms with Gasteiger partial charge in [-0.25, -0.2) is 14.3 Å². The van der Waals surface area contributed by atoms with Gasteiger partial charge in [-0.2, -0.15) is 10.1 Å². The predicted molar refractivity (Wildman–Crippen MR) is 154 cm³/mol. The summed E-state index contributed by atoms with van der Waals surface area (Å²) in [5.74, 6) is 1.34. The highest BCUT2D eigenvalue weighted by atomic mass is 16.5. The van der Waals surface area contributed by atoms with Crippen LogP contribution in [0.1, 0.15) is 13.8 Å². The highest BCUT2D eigenvalue weighted by Gasteiger charge is 2.20. The summed E-state index contributed by atoms with van der Waals surface area (Å²) in [5.41, 5.74) is 1.82. The summed E-state index contributed by atoms with van der Waals surface area (Å²) in [6.07, 6.45) is 6.64. The largest absolute Gasteiger partial charge is 0.497 e. The minimum atomic E-state index is -0.293. The third kappa shape index (κ3) is 6.17. The van der Waals surface area contributed by atoms with Gasteiger partial charge in [-0.3, -0.25) is 14.6 Å². The molecule has 2 N–H and O–H groups in total. The van der Waals surface area contributed by atoms with Crippen molar-refractivity contribution in [2.45, 2.75) is 26.4 Å². The number of hydrogen-bond acceptors (Lipinski definition) is 10. The van der Waals surface area contributed by atoms with E-state index in [0.717, 1.165) is 37.6 Å². The van der Waals surface area contributed by atoms with Crippen LogP contribution in [-0.2, 0) is 11.3 Å². The molecule has 1 aliphatic rings. The second-order valence-corrected chi connectivity index (χ2v) is 9.32. The van der Waals surface area contributed by atoms with Crippen molar-refractivity contribution in [2.75, 3.05) is 50.6 Å². The lowest BCUT2D eigenvalue weighted by Gasteiger charge is -2.30. The number of hydrogen-bond donors (Lipinski definition) is 2. The molecule has 3 heterocycles. The Labute approximate surface area is 227 Å². The molecule has 4 rings (SSSR count). The van der Waals surface area contributed by atoms with Gasteiger partial charge in [-0.05, 0) is 32.1 Å². The summed E-state index contributed by atoms with van der Waals surface area (Å²) in [6, 6.07) is 5.97. The minimum absolute atomic E-state index is 0.0795. The van der Waals surface area contributed by atoms with Crippen LogP contribution in [0, 0.1) is 0 Å². The molecule has 12 heteroatoms. The first kappa shape index (κ1) is 27.6. The lowest BCUT2D eigenvalue weighted by atomic mass is 10.2. The van der Waals surface area contributed by atoms with E-state index in [1.54, 1.807) is 29.0 Å². The van der Waals surface area contributed by atoms with E-state index in [0.29, 0.717) is 34.9 Å².